The standard InChI is InChI=1S/C13H8Cl2FN/c14-11-4-2-1-3-9(11)8-17-10-5-6-13(16)12(15)7-10/h1-8H. The Morgan fingerprint density at radius 1 is 1.00 bits per heavy atom. The molecule has 17 heavy (non-hydrogen) atoms. The molecular formula is C13H8Cl2FN. The Morgan fingerprint density at radius 3 is 2.47 bits per heavy atom. The third kappa shape index (κ3) is 3.05. The van der Waals surface area contributed by atoms with Crippen molar-refractivity contribution < 1.29 is 4.39 Å². The van der Waals surface area contributed by atoms with E-state index in [0.717, 1.165) is 5.56 Å². The largest absolute Gasteiger partial charge is 0.256 e. The third-order valence-corrected chi connectivity index (χ3v) is 2.79. The minimum Gasteiger partial charge on any atom is -0.256 e. The lowest BCUT2D eigenvalue weighted by Crippen LogP contribution is -1.81. The van der Waals surface area contributed by atoms with Crippen LogP contribution in [-0.2, 0) is 0 Å². The van der Waals surface area contributed by atoms with Gasteiger partial charge in [-0.3, -0.25) is 4.99 Å². The van der Waals surface area contributed by atoms with E-state index in [1.807, 2.05) is 18.2 Å². The molecule has 2 rings (SSSR count). The summed E-state index contributed by atoms with van der Waals surface area (Å²) in [6.45, 7) is 0. The lowest BCUT2D eigenvalue weighted by atomic mass is 10.2. The van der Waals surface area contributed by atoms with Gasteiger partial charge in [-0.15, -0.1) is 0 Å². The normalized spacial score (nSPS) is 11.0. The fraction of sp³-hybridized carbons (Fsp3) is 0. The van der Waals surface area contributed by atoms with Crippen LogP contribution in [0.5, 0.6) is 0 Å². The molecule has 2 aromatic rings. The van der Waals surface area contributed by atoms with Crippen molar-refractivity contribution in [3.8, 4) is 0 Å². The Labute approximate surface area is 109 Å². The smallest absolute Gasteiger partial charge is 0.141 e. The van der Waals surface area contributed by atoms with Crippen molar-refractivity contribution >= 4 is 35.1 Å². The average Bonchev–Trinajstić information content (AvgIpc) is 2.32. The van der Waals surface area contributed by atoms with Crippen LogP contribution >= 0.6 is 23.2 Å². The highest BCUT2D eigenvalue weighted by molar-refractivity contribution is 6.33. The van der Waals surface area contributed by atoms with Gasteiger partial charge in [0.2, 0.25) is 0 Å². The molecule has 0 aliphatic carbocycles. The molecule has 0 saturated carbocycles. The van der Waals surface area contributed by atoms with E-state index in [2.05, 4.69) is 4.99 Å². The molecule has 4 heteroatoms. The molecule has 0 radical (unpaired) electrons. The van der Waals surface area contributed by atoms with E-state index >= 15 is 0 Å². The van der Waals surface area contributed by atoms with E-state index in [1.165, 1.54) is 12.1 Å². The zero-order valence-corrected chi connectivity index (χ0v) is 10.2. The van der Waals surface area contributed by atoms with Gasteiger partial charge in [-0.05, 0) is 24.3 Å². The van der Waals surface area contributed by atoms with Gasteiger partial charge in [0.25, 0.3) is 0 Å². The van der Waals surface area contributed by atoms with E-state index < -0.39 is 5.82 Å². The van der Waals surface area contributed by atoms with Gasteiger partial charge in [0.1, 0.15) is 5.82 Å². The van der Waals surface area contributed by atoms with Crippen LogP contribution in [0, 0.1) is 5.82 Å². The summed E-state index contributed by atoms with van der Waals surface area (Å²) in [5.74, 6) is -0.455. The van der Waals surface area contributed by atoms with Gasteiger partial charge in [0.05, 0.1) is 10.7 Å². The van der Waals surface area contributed by atoms with Gasteiger partial charge in [0.15, 0.2) is 0 Å². The first-order valence-corrected chi connectivity index (χ1v) is 5.66. The Bertz CT molecular complexity index is 567. The first-order chi connectivity index (χ1) is 8.16. The van der Waals surface area contributed by atoms with E-state index in [0.29, 0.717) is 10.7 Å². The van der Waals surface area contributed by atoms with Crippen molar-refractivity contribution in [2.45, 2.75) is 0 Å². The van der Waals surface area contributed by atoms with Crippen LogP contribution in [-0.4, -0.2) is 6.21 Å². The molecule has 86 valence electrons. The predicted octanol–water partition coefficient (Wildman–Crippen LogP) is 4.88. The summed E-state index contributed by atoms with van der Waals surface area (Å²) in [5.41, 5.74) is 1.38. The molecule has 0 fully saturated rings. The first-order valence-electron chi connectivity index (χ1n) is 4.90. The average molecular weight is 268 g/mol. The number of rotatable bonds is 2. The Kier molecular flexibility index (Phi) is 3.77. The first kappa shape index (κ1) is 12.1. The fourth-order valence-electron chi connectivity index (χ4n) is 1.29. The molecule has 0 unspecified atom stereocenters. The monoisotopic (exact) mass is 267 g/mol. The van der Waals surface area contributed by atoms with Gasteiger partial charge in [0, 0.05) is 16.8 Å². The van der Waals surface area contributed by atoms with Gasteiger partial charge < -0.3 is 0 Å². The summed E-state index contributed by atoms with van der Waals surface area (Å²) in [5, 5.41) is 0.670. The quantitative estimate of drug-likeness (QED) is 0.688. The summed E-state index contributed by atoms with van der Waals surface area (Å²) < 4.78 is 12.9. The molecule has 0 spiro atoms. The number of aliphatic imine (C=N–C) groups is 1. The molecule has 0 aromatic heterocycles. The van der Waals surface area contributed by atoms with Crippen molar-refractivity contribution in [3.63, 3.8) is 0 Å². The van der Waals surface area contributed by atoms with Gasteiger partial charge in [-0.25, -0.2) is 4.39 Å². The van der Waals surface area contributed by atoms with Crippen molar-refractivity contribution in [2.75, 3.05) is 0 Å². The molecule has 1 nitrogen and oxygen atoms in total. The highest BCUT2D eigenvalue weighted by Crippen LogP contribution is 2.22. The maximum Gasteiger partial charge on any atom is 0.141 e. The van der Waals surface area contributed by atoms with Crippen LogP contribution < -0.4 is 0 Å². The topological polar surface area (TPSA) is 12.4 Å². The van der Waals surface area contributed by atoms with E-state index in [-0.39, 0.29) is 5.02 Å². The lowest BCUT2D eigenvalue weighted by Gasteiger charge is -1.98. The maximum absolute atomic E-state index is 12.9. The number of hydrogen-bond acceptors (Lipinski definition) is 1. The molecule has 0 atom stereocenters. The van der Waals surface area contributed by atoms with Gasteiger partial charge in [-0.2, -0.15) is 0 Å². The zero-order chi connectivity index (χ0) is 12.3. The molecular weight excluding hydrogens is 260 g/mol. The number of hydrogen-bond donors (Lipinski definition) is 0. The minimum absolute atomic E-state index is 0.0545. The van der Waals surface area contributed by atoms with Crippen LogP contribution in [0.1, 0.15) is 5.56 Å². The molecule has 0 aliphatic heterocycles. The Hall–Kier alpha value is -1.38. The molecule has 0 heterocycles. The number of halogens is 3. The summed E-state index contributed by atoms with van der Waals surface area (Å²) in [6.07, 6.45) is 1.62. The fourth-order valence-corrected chi connectivity index (χ4v) is 1.65. The van der Waals surface area contributed by atoms with E-state index in [4.69, 9.17) is 23.2 Å². The second-order valence-electron chi connectivity index (χ2n) is 3.38. The van der Waals surface area contributed by atoms with Crippen LogP contribution in [0.4, 0.5) is 10.1 Å². The lowest BCUT2D eigenvalue weighted by molar-refractivity contribution is 0.628. The number of nitrogens with zero attached hydrogens (tertiary/aromatic N) is 1. The van der Waals surface area contributed by atoms with Gasteiger partial charge >= 0.3 is 0 Å². The second kappa shape index (κ2) is 5.30. The molecule has 0 N–H and O–H groups in total. The van der Waals surface area contributed by atoms with Crippen LogP contribution in [0.25, 0.3) is 0 Å². The van der Waals surface area contributed by atoms with Crippen molar-refractivity contribution in [3.05, 3.63) is 63.9 Å². The zero-order valence-electron chi connectivity index (χ0n) is 8.70. The summed E-state index contributed by atoms with van der Waals surface area (Å²) in [6, 6.07) is 11.6. The Balaban J connectivity index is 2.26. The van der Waals surface area contributed by atoms with Gasteiger partial charge in [-0.1, -0.05) is 41.4 Å². The van der Waals surface area contributed by atoms with Crippen LogP contribution in [0.2, 0.25) is 10.0 Å². The third-order valence-electron chi connectivity index (χ3n) is 2.16. The maximum atomic E-state index is 12.9. The second-order valence-corrected chi connectivity index (χ2v) is 4.19. The molecule has 2 aromatic carbocycles. The summed E-state index contributed by atoms with van der Waals surface area (Å²) in [4.78, 5) is 4.18. The van der Waals surface area contributed by atoms with Crippen LogP contribution in [0.3, 0.4) is 0 Å². The van der Waals surface area contributed by atoms with E-state index in [9.17, 15) is 4.39 Å². The minimum atomic E-state index is -0.455. The predicted molar refractivity (Wildman–Crippen MR) is 70.1 cm³/mol. The van der Waals surface area contributed by atoms with Crippen molar-refractivity contribution in [2.24, 2.45) is 4.99 Å². The van der Waals surface area contributed by atoms with E-state index in [1.54, 1.807) is 18.3 Å². The number of benzene rings is 2. The van der Waals surface area contributed by atoms with Crippen molar-refractivity contribution in [1.82, 2.24) is 0 Å². The summed E-state index contributed by atoms with van der Waals surface area (Å²) >= 11 is 11.6. The molecule has 0 amide bonds. The summed E-state index contributed by atoms with van der Waals surface area (Å²) in [7, 11) is 0. The van der Waals surface area contributed by atoms with Crippen molar-refractivity contribution in [1.29, 1.82) is 0 Å². The highest BCUT2D eigenvalue weighted by Gasteiger charge is 1.99. The highest BCUT2D eigenvalue weighted by atomic mass is 35.5. The van der Waals surface area contributed by atoms with Crippen LogP contribution in [0.15, 0.2) is 47.5 Å². The molecule has 0 saturated heterocycles. The SMILES string of the molecule is Fc1ccc(N=Cc2ccccc2Cl)cc1Cl. The molecule has 0 bridgehead atoms. The Morgan fingerprint density at radius 2 is 1.76 bits per heavy atom. The molecule has 0 aliphatic rings.